The Bertz CT molecular complexity index is 623. The molecule has 0 atom stereocenters. The highest BCUT2D eigenvalue weighted by atomic mass is 16.5. The summed E-state index contributed by atoms with van der Waals surface area (Å²) in [6.07, 6.45) is 0.611. The minimum atomic E-state index is -0.416. The second-order valence-electron chi connectivity index (χ2n) is 4.39. The third kappa shape index (κ3) is 2.91. The number of nitrogens with two attached hydrogens (primary N) is 1. The molecule has 0 fully saturated rings. The van der Waals surface area contributed by atoms with E-state index in [2.05, 4.69) is 0 Å². The molecule has 2 aromatic rings. The summed E-state index contributed by atoms with van der Waals surface area (Å²) in [5.41, 5.74) is 7.85. The van der Waals surface area contributed by atoms with Crippen LogP contribution in [0.25, 0.3) is 0 Å². The molecule has 0 radical (unpaired) electrons. The first-order valence-electron chi connectivity index (χ1n) is 6.24. The zero-order chi connectivity index (χ0) is 14.5. The molecule has 0 bridgehead atoms. The lowest BCUT2D eigenvalue weighted by Gasteiger charge is -2.11. The van der Waals surface area contributed by atoms with E-state index < -0.39 is 5.91 Å². The first kappa shape index (κ1) is 13.9. The van der Waals surface area contributed by atoms with Crippen LogP contribution in [0.3, 0.4) is 0 Å². The van der Waals surface area contributed by atoms with Crippen molar-refractivity contribution in [3.8, 4) is 11.5 Å². The van der Waals surface area contributed by atoms with E-state index in [1.54, 1.807) is 26.4 Å². The molecule has 0 unspecified atom stereocenters. The normalized spacial score (nSPS) is 10.1. The maximum Gasteiger partial charge on any atom is 0.248 e. The van der Waals surface area contributed by atoms with Gasteiger partial charge in [-0.1, -0.05) is 24.3 Å². The van der Waals surface area contributed by atoms with Gasteiger partial charge in [-0.25, -0.2) is 0 Å². The molecule has 0 aliphatic rings. The molecule has 1 amide bonds. The van der Waals surface area contributed by atoms with E-state index in [9.17, 15) is 4.79 Å². The maximum atomic E-state index is 11.4. The Morgan fingerprint density at radius 2 is 1.75 bits per heavy atom. The topological polar surface area (TPSA) is 61.5 Å². The highest BCUT2D eigenvalue weighted by Gasteiger charge is 2.10. The minimum absolute atomic E-state index is 0.416. The number of amides is 1. The third-order valence-corrected chi connectivity index (χ3v) is 3.13. The van der Waals surface area contributed by atoms with E-state index in [4.69, 9.17) is 15.2 Å². The number of primary amides is 1. The van der Waals surface area contributed by atoms with Crippen molar-refractivity contribution in [2.75, 3.05) is 14.2 Å². The molecule has 2 aromatic carbocycles. The number of hydrogen-bond acceptors (Lipinski definition) is 3. The number of carbonyl (C=O) groups is 1. The van der Waals surface area contributed by atoms with Gasteiger partial charge in [0, 0.05) is 5.56 Å². The van der Waals surface area contributed by atoms with Gasteiger partial charge in [0.05, 0.1) is 14.2 Å². The summed E-state index contributed by atoms with van der Waals surface area (Å²) in [6, 6.07) is 13.0. The number of rotatable bonds is 5. The third-order valence-electron chi connectivity index (χ3n) is 3.13. The zero-order valence-electron chi connectivity index (χ0n) is 11.6. The van der Waals surface area contributed by atoms with Crippen LogP contribution in [0.15, 0.2) is 42.5 Å². The van der Waals surface area contributed by atoms with Gasteiger partial charge in [0.1, 0.15) is 0 Å². The zero-order valence-corrected chi connectivity index (χ0v) is 11.6. The number of hydrogen-bond donors (Lipinski definition) is 1. The Kier molecular flexibility index (Phi) is 4.25. The molecule has 0 saturated heterocycles. The summed E-state index contributed by atoms with van der Waals surface area (Å²) in [5.74, 6) is 0.932. The SMILES string of the molecule is COc1ccc(Cc2ccccc2C(N)=O)cc1OC. The number of benzene rings is 2. The van der Waals surface area contributed by atoms with Crippen LogP contribution < -0.4 is 15.2 Å². The highest BCUT2D eigenvalue weighted by Crippen LogP contribution is 2.28. The quantitative estimate of drug-likeness (QED) is 0.908. The van der Waals surface area contributed by atoms with Crippen molar-refractivity contribution in [1.29, 1.82) is 0 Å². The molecule has 0 saturated carbocycles. The fraction of sp³-hybridized carbons (Fsp3) is 0.188. The van der Waals surface area contributed by atoms with Gasteiger partial charge in [0.25, 0.3) is 0 Å². The first-order chi connectivity index (χ1) is 9.65. The van der Waals surface area contributed by atoms with Crippen LogP contribution in [0.5, 0.6) is 11.5 Å². The number of methoxy groups -OCH3 is 2. The van der Waals surface area contributed by atoms with Crippen molar-refractivity contribution < 1.29 is 14.3 Å². The van der Waals surface area contributed by atoms with Crippen molar-refractivity contribution in [3.05, 3.63) is 59.2 Å². The standard InChI is InChI=1S/C16H17NO3/c1-19-14-8-7-11(10-15(14)20-2)9-12-5-3-4-6-13(12)16(17)18/h3-8,10H,9H2,1-2H3,(H2,17,18). The van der Waals surface area contributed by atoms with Gasteiger partial charge in [-0.15, -0.1) is 0 Å². The predicted octanol–water partition coefficient (Wildman–Crippen LogP) is 2.39. The fourth-order valence-corrected chi connectivity index (χ4v) is 2.13. The van der Waals surface area contributed by atoms with E-state index in [-0.39, 0.29) is 0 Å². The number of ether oxygens (including phenoxy) is 2. The molecule has 4 nitrogen and oxygen atoms in total. The average Bonchev–Trinajstić information content (AvgIpc) is 2.47. The molecule has 0 spiro atoms. The summed E-state index contributed by atoms with van der Waals surface area (Å²) in [7, 11) is 3.19. The summed E-state index contributed by atoms with van der Waals surface area (Å²) in [5, 5.41) is 0. The van der Waals surface area contributed by atoms with E-state index >= 15 is 0 Å². The smallest absolute Gasteiger partial charge is 0.248 e. The van der Waals surface area contributed by atoms with E-state index in [0.717, 1.165) is 11.1 Å². The Morgan fingerprint density at radius 3 is 2.40 bits per heavy atom. The van der Waals surface area contributed by atoms with Crippen LogP contribution in [-0.4, -0.2) is 20.1 Å². The van der Waals surface area contributed by atoms with Crippen molar-refractivity contribution in [1.82, 2.24) is 0 Å². The summed E-state index contributed by atoms with van der Waals surface area (Å²) in [6.45, 7) is 0. The molecule has 0 aliphatic carbocycles. The highest BCUT2D eigenvalue weighted by molar-refractivity contribution is 5.94. The Labute approximate surface area is 118 Å². The second-order valence-corrected chi connectivity index (χ2v) is 4.39. The molecule has 4 heteroatoms. The molecule has 104 valence electrons. The lowest BCUT2D eigenvalue weighted by Crippen LogP contribution is -2.13. The molecule has 0 aliphatic heterocycles. The average molecular weight is 271 g/mol. The molecular weight excluding hydrogens is 254 g/mol. The van der Waals surface area contributed by atoms with Crippen molar-refractivity contribution in [2.24, 2.45) is 5.73 Å². The van der Waals surface area contributed by atoms with Crippen LogP contribution in [0, 0.1) is 0 Å². The summed E-state index contributed by atoms with van der Waals surface area (Å²) < 4.78 is 10.5. The van der Waals surface area contributed by atoms with Gasteiger partial charge < -0.3 is 15.2 Å². The van der Waals surface area contributed by atoms with Gasteiger partial charge >= 0.3 is 0 Å². The molecule has 20 heavy (non-hydrogen) atoms. The van der Waals surface area contributed by atoms with Gasteiger partial charge in [0.15, 0.2) is 11.5 Å². The molecule has 0 heterocycles. The molecule has 2 N–H and O–H groups in total. The Balaban J connectivity index is 2.33. The molecule has 2 rings (SSSR count). The monoisotopic (exact) mass is 271 g/mol. The van der Waals surface area contributed by atoms with Gasteiger partial charge in [0.2, 0.25) is 5.91 Å². The van der Waals surface area contributed by atoms with Gasteiger partial charge in [-0.3, -0.25) is 4.79 Å². The Morgan fingerprint density at radius 1 is 1.05 bits per heavy atom. The van der Waals surface area contributed by atoms with Gasteiger partial charge in [-0.05, 0) is 35.7 Å². The largest absolute Gasteiger partial charge is 0.493 e. The van der Waals surface area contributed by atoms with E-state index in [0.29, 0.717) is 23.5 Å². The van der Waals surface area contributed by atoms with E-state index in [1.165, 1.54) is 0 Å². The molecule has 0 aromatic heterocycles. The fourth-order valence-electron chi connectivity index (χ4n) is 2.13. The van der Waals surface area contributed by atoms with Crippen molar-refractivity contribution in [2.45, 2.75) is 6.42 Å². The predicted molar refractivity (Wildman–Crippen MR) is 77.3 cm³/mol. The molecular formula is C16H17NO3. The summed E-state index contributed by atoms with van der Waals surface area (Å²) in [4.78, 5) is 11.4. The Hall–Kier alpha value is -2.49. The van der Waals surface area contributed by atoms with Crippen LogP contribution in [0.2, 0.25) is 0 Å². The van der Waals surface area contributed by atoms with Crippen LogP contribution >= 0.6 is 0 Å². The first-order valence-corrected chi connectivity index (χ1v) is 6.24. The van der Waals surface area contributed by atoms with Crippen LogP contribution in [0.4, 0.5) is 0 Å². The van der Waals surface area contributed by atoms with E-state index in [1.807, 2.05) is 30.3 Å². The van der Waals surface area contributed by atoms with Gasteiger partial charge in [-0.2, -0.15) is 0 Å². The number of carbonyl (C=O) groups excluding carboxylic acids is 1. The van der Waals surface area contributed by atoms with Crippen molar-refractivity contribution >= 4 is 5.91 Å². The van der Waals surface area contributed by atoms with Crippen LogP contribution in [-0.2, 0) is 6.42 Å². The lowest BCUT2D eigenvalue weighted by atomic mass is 9.99. The maximum absolute atomic E-state index is 11.4. The second kappa shape index (κ2) is 6.10. The van der Waals surface area contributed by atoms with Crippen molar-refractivity contribution in [3.63, 3.8) is 0 Å². The van der Waals surface area contributed by atoms with Crippen LogP contribution in [0.1, 0.15) is 21.5 Å². The minimum Gasteiger partial charge on any atom is -0.493 e. The lowest BCUT2D eigenvalue weighted by molar-refractivity contribution is 0.0999. The summed E-state index contributed by atoms with van der Waals surface area (Å²) >= 11 is 0.